The van der Waals surface area contributed by atoms with Crippen LogP contribution in [0.15, 0.2) is 41.8 Å². The summed E-state index contributed by atoms with van der Waals surface area (Å²) >= 11 is 6.58. The fourth-order valence-corrected chi connectivity index (χ4v) is 2.81. The van der Waals surface area contributed by atoms with Crippen LogP contribution in [-0.2, 0) is 11.3 Å². The van der Waals surface area contributed by atoms with E-state index in [2.05, 4.69) is 11.4 Å². The molecule has 110 valence electrons. The summed E-state index contributed by atoms with van der Waals surface area (Å²) in [5, 5.41) is 4.89. The van der Waals surface area contributed by atoms with Gasteiger partial charge in [0, 0.05) is 22.7 Å². The lowest BCUT2D eigenvalue weighted by molar-refractivity contribution is -0.117. The molecule has 0 aliphatic rings. The Bertz CT molecular complexity index is 608. The van der Waals surface area contributed by atoms with E-state index in [-0.39, 0.29) is 5.91 Å². The molecule has 0 radical (unpaired) electrons. The number of thiocarbonyl (C=S) groups is 1. The van der Waals surface area contributed by atoms with Crippen LogP contribution in [0.4, 0.5) is 5.69 Å². The average molecular weight is 319 g/mol. The highest BCUT2D eigenvalue weighted by atomic mass is 32.1. The maximum atomic E-state index is 12.0. The first kappa shape index (κ1) is 15.6. The second kappa shape index (κ2) is 7.31. The summed E-state index contributed by atoms with van der Waals surface area (Å²) in [7, 11) is 1.93. The molecule has 21 heavy (non-hydrogen) atoms. The van der Waals surface area contributed by atoms with E-state index in [1.165, 1.54) is 4.88 Å². The Morgan fingerprint density at radius 1 is 1.33 bits per heavy atom. The summed E-state index contributed by atoms with van der Waals surface area (Å²) in [6.45, 7) is 1.11. The fraction of sp³-hybridized carbons (Fsp3) is 0.200. The molecule has 0 fully saturated rings. The van der Waals surface area contributed by atoms with Gasteiger partial charge in [0.2, 0.25) is 5.91 Å². The van der Waals surface area contributed by atoms with Crippen molar-refractivity contribution in [3.8, 4) is 0 Å². The predicted octanol–water partition coefficient (Wildman–Crippen LogP) is 2.45. The van der Waals surface area contributed by atoms with Crippen LogP contribution >= 0.6 is 23.6 Å². The molecule has 6 heteroatoms. The summed E-state index contributed by atoms with van der Waals surface area (Å²) in [5.41, 5.74) is 7.06. The molecule has 1 amide bonds. The zero-order valence-corrected chi connectivity index (χ0v) is 13.3. The summed E-state index contributed by atoms with van der Waals surface area (Å²) in [5.74, 6) is -0.0443. The molecule has 0 bridgehead atoms. The van der Waals surface area contributed by atoms with E-state index in [0.29, 0.717) is 11.5 Å². The van der Waals surface area contributed by atoms with Crippen LogP contribution in [0, 0.1) is 0 Å². The lowest BCUT2D eigenvalue weighted by Gasteiger charge is -2.15. The molecule has 2 rings (SSSR count). The van der Waals surface area contributed by atoms with Crippen LogP contribution in [0.1, 0.15) is 10.4 Å². The number of nitrogens with zero attached hydrogens (tertiary/aromatic N) is 1. The first-order valence-electron chi connectivity index (χ1n) is 6.45. The minimum atomic E-state index is -0.0443. The van der Waals surface area contributed by atoms with Crippen molar-refractivity contribution in [2.45, 2.75) is 6.54 Å². The number of thiophene rings is 1. The topological polar surface area (TPSA) is 58.4 Å². The maximum Gasteiger partial charge on any atom is 0.238 e. The van der Waals surface area contributed by atoms with Gasteiger partial charge < -0.3 is 11.1 Å². The number of carbonyl (C=O) groups excluding carboxylic acids is 1. The lowest BCUT2D eigenvalue weighted by Crippen LogP contribution is -2.29. The van der Waals surface area contributed by atoms with Crippen LogP contribution in [0.5, 0.6) is 0 Å². The number of rotatable bonds is 6. The van der Waals surface area contributed by atoms with Gasteiger partial charge in [-0.15, -0.1) is 11.3 Å². The molecule has 0 saturated carbocycles. The second-order valence-corrected chi connectivity index (χ2v) is 6.21. The zero-order valence-electron chi connectivity index (χ0n) is 11.7. The minimum absolute atomic E-state index is 0.0443. The van der Waals surface area contributed by atoms with Crippen molar-refractivity contribution in [3.63, 3.8) is 0 Å². The first-order valence-corrected chi connectivity index (χ1v) is 7.74. The minimum Gasteiger partial charge on any atom is -0.389 e. The third-order valence-electron chi connectivity index (χ3n) is 2.87. The number of nitrogens with one attached hydrogen (secondary N) is 1. The molecule has 0 atom stereocenters. The van der Waals surface area contributed by atoms with Gasteiger partial charge in [0.1, 0.15) is 4.99 Å². The average Bonchev–Trinajstić information content (AvgIpc) is 2.91. The largest absolute Gasteiger partial charge is 0.389 e. The second-order valence-electron chi connectivity index (χ2n) is 4.74. The van der Waals surface area contributed by atoms with E-state index in [4.69, 9.17) is 18.0 Å². The summed E-state index contributed by atoms with van der Waals surface area (Å²) in [4.78, 5) is 15.5. The molecule has 0 unspecified atom stereocenters. The number of amides is 1. The van der Waals surface area contributed by atoms with Crippen molar-refractivity contribution in [3.05, 3.63) is 52.2 Å². The highest BCUT2D eigenvalue weighted by molar-refractivity contribution is 7.80. The molecule has 1 aromatic carbocycles. The van der Waals surface area contributed by atoms with Crippen molar-refractivity contribution in [1.29, 1.82) is 0 Å². The van der Waals surface area contributed by atoms with Crippen molar-refractivity contribution >= 4 is 40.1 Å². The van der Waals surface area contributed by atoms with Gasteiger partial charge in [-0.3, -0.25) is 9.69 Å². The van der Waals surface area contributed by atoms with E-state index in [1.807, 2.05) is 23.4 Å². The van der Waals surface area contributed by atoms with E-state index in [0.717, 1.165) is 17.8 Å². The summed E-state index contributed by atoms with van der Waals surface area (Å²) in [6.07, 6.45) is 0. The molecule has 1 heterocycles. The van der Waals surface area contributed by atoms with Crippen molar-refractivity contribution in [2.75, 3.05) is 18.9 Å². The Morgan fingerprint density at radius 3 is 2.62 bits per heavy atom. The fourth-order valence-electron chi connectivity index (χ4n) is 1.89. The Morgan fingerprint density at radius 2 is 2.05 bits per heavy atom. The highest BCUT2D eigenvalue weighted by Gasteiger charge is 2.08. The summed E-state index contributed by atoms with van der Waals surface area (Å²) in [6, 6.07) is 11.3. The Kier molecular flexibility index (Phi) is 5.44. The zero-order chi connectivity index (χ0) is 15.2. The number of hydrogen-bond acceptors (Lipinski definition) is 4. The molecule has 4 nitrogen and oxygen atoms in total. The van der Waals surface area contributed by atoms with Crippen LogP contribution < -0.4 is 11.1 Å². The van der Waals surface area contributed by atoms with Gasteiger partial charge in [0.25, 0.3) is 0 Å². The molecule has 0 saturated heterocycles. The highest BCUT2D eigenvalue weighted by Crippen LogP contribution is 2.12. The summed E-state index contributed by atoms with van der Waals surface area (Å²) < 4.78 is 0. The standard InChI is InChI=1S/C15H17N3OS2/c1-18(9-13-3-2-8-21-13)10-14(19)17-12-6-4-11(5-7-12)15(16)20/h2-8H,9-10H2,1H3,(H2,16,20)(H,17,19). The first-order chi connectivity index (χ1) is 10.0. The van der Waals surface area contributed by atoms with Gasteiger partial charge in [-0.2, -0.15) is 0 Å². The lowest BCUT2D eigenvalue weighted by atomic mass is 10.2. The Labute approximate surface area is 133 Å². The van der Waals surface area contributed by atoms with E-state index in [1.54, 1.807) is 35.6 Å². The van der Waals surface area contributed by atoms with E-state index >= 15 is 0 Å². The Hall–Kier alpha value is -1.76. The molecule has 0 aliphatic heterocycles. The molecule has 3 N–H and O–H groups in total. The molecule has 1 aromatic heterocycles. The monoisotopic (exact) mass is 319 g/mol. The smallest absolute Gasteiger partial charge is 0.238 e. The van der Waals surface area contributed by atoms with Crippen LogP contribution in [0.3, 0.4) is 0 Å². The van der Waals surface area contributed by atoms with Gasteiger partial charge in [0.15, 0.2) is 0 Å². The van der Waals surface area contributed by atoms with Crippen LogP contribution in [-0.4, -0.2) is 29.4 Å². The van der Waals surface area contributed by atoms with Gasteiger partial charge >= 0.3 is 0 Å². The van der Waals surface area contributed by atoms with Crippen molar-refractivity contribution in [2.24, 2.45) is 5.73 Å². The van der Waals surface area contributed by atoms with E-state index in [9.17, 15) is 4.79 Å². The quantitative estimate of drug-likeness (QED) is 0.803. The predicted molar refractivity (Wildman–Crippen MR) is 91.6 cm³/mol. The number of anilines is 1. The third kappa shape index (κ3) is 4.93. The molecule has 0 spiro atoms. The van der Waals surface area contributed by atoms with Gasteiger partial charge in [-0.25, -0.2) is 0 Å². The maximum absolute atomic E-state index is 12.0. The number of nitrogens with two attached hydrogens (primary N) is 1. The van der Waals surface area contributed by atoms with Gasteiger partial charge in [0.05, 0.1) is 6.54 Å². The molecule has 2 aromatic rings. The number of carbonyl (C=O) groups is 1. The third-order valence-corrected chi connectivity index (χ3v) is 3.97. The molecule has 0 aliphatic carbocycles. The van der Waals surface area contributed by atoms with Gasteiger partial charge in [-0.1, -0.05) is 18.3 Å². The SMILES string of the molecule is CN(CC(=O)Nc1ccc(C(N)=S)cc1)Cc1cccs1. The normalized spacial score (nSPS) is 10.6. The van der Waals surface area contributed by atoms with Crippen LogP contribution in [0.2, 0.25) is 0 Å². The molecular formula is C15H17N3OS2. The number of likely N-dealkylation sites (N-methyl/N-ethyl adjacent to an activating group) is 1. The van der Waals surface area contributed by atoms with Gasteiger partial charge in [-0.05, 0) is 42.8 Å². The van der Waals surface area contributed by atoms with E-state index < -0.39 is 0 Å². The number of hydrogen-bond donors (Lipinski definition) is 2. The number of benzene rings is 1. The van der Waals surface area contributed by atoms with Crippen LogP contribution in [0.25, 0.3) is 0 Å². The van der Waals surface area contributed by atoms with Crippen molar-refractivity contribution < 1.29 is 4.79 Å². The Balaban J connectivity index is 1.84. The van der Waals surface area contributed by atoms with Crippen molar-refractivity contribution in [1.82, 2.24) is 4.90 Å². The molecular weight excluding hydrogens is 302 g/mol.